The molecule has 1 aromatic rings. The second-order valence-electron chi connectivity index (χ2n) is 2.81. The molecule has 3 N–H and O–H groups in total. The van der Waals surface area contributed by atoms with Crippen molar-refractivity contribution in [1.29, 1.82) is 0 Å². The molecule has 4 nitrogen and oxygen atoms in total. The standard InChI is InChI=1S/C9H9BrN2O2S/c10-5-1-2-6(7(15)3-5)9(14)12-4-8(11)13/h1-3,15H,4H2,(H2,11,13)(H,12,14). The van der Waals surface area contributed by atoms with Crippen molar-refractivity contribution in [2.75, 3.05) is 6.54 Å². The van der Waals surface area contributed by atoms with Gasteiger partial charge in [-0.05, 0) is 18.2 Å². The van der Waals surface area contributed by atoms with Crippen LogP contribution in [0.4, 0.5) is 0 Å². The average molecular weight is 289 g/mol. The zero-order valence-electron chi connectivity index (χ0n) is 7.66. The molecule has 0 aliphatic heterocycles. The fourth-order valence-corrected chi connectivity index (χ4v) is 1.81. The number of nitrogens with one attached hydrogen (secondary N) is 1. The van der Waals surface area contributed by atoms with Crippen molar-refractivity contribution in [3.8, 4) is 0 Å². The monoisotopic (exact) mass is 288 g/mol. The van der Waals surface area contributed by atoms with Crippen molar-refractivity contribution in [2.24, 2.45) is 5.73 Å². The summed E-state index contributed by atoms with van der Waals surface area (Å²) >= 11 is 7.40. The third-order valence-corrected chi connectivity index (χ3v) is 2.49. The Morgan fingerprint density at radius 2 is 2.13 bits per heavy atom. The first-order valence-corrected chi connectivity index (χ1v) is 5.29. The lowest BCUT2D eigenvalue weighted by Gasteiger charge is -2.05. The Balaban J connectivity index is 2.78. The van der Waals surface area contributed by atoms with Gasteiger partial charge >= 0.3 is 0 Å². The number of benzene rings is 1. The SMILES string of the molecule is NC(=O)CNC(=O)c1ccc(Br)cc1S. The molecule has 80 valence electrons. The normalized spacial score (nSPS) is 9.73. The number of hydrogen-bond donors (Lipinski definition) is 3. The van der Waals surface area contributed by atoms with Crippen LogP contribution < -0.4 is 11.1 Å². The van der Waals surface area contributed by atoms with Crippen LogP contribution in [0.25, 0.3) is 0 Å². The number of rotatable bonds is 3. The van der Waals surface area contributed by atoms with Crippen LogP contribution in [0.5, 0.6) is 0 Å². The number of carbonyl (C=O) groups is 2. The fraction of sp³-hybridized carbons (Fsp3) is 0.111. The molecule has 0 aromatic heterocycles. The number of carbonyl (C=O) groups excluding carboxylic acids is 2. The summed E-state index contributed by atoms with van der Waals surface area (Å²) in [5, 5.41) is 2.38. The van der Waals surface area contributed by atoms with Crippen LogP contribution in [-0.2, 0) is 4.79 Å². The maximum Gasteiger partial charge on any atom is 0.252 e. The van der Waals surface area contributed by atoms with Crippen molar-refractivity contribution >= 4 is 40.4 Å². The van der Waals surface area contributed by atoms with Gasteiger partial charge in [0.25, 0.3) is 5.91 Å². The second-order valence-corrected chi connectivity index (χ2v) is 4.21. The lowest BCUT2D eigenvalue weighted by atomic mass is 10.2. The van der Waals surface area contributed by atoms with Crippen molar-refractivity contribution in [3.05, 3.63) is 28.2 Å². The highest BCUT2D eigenvalue weighted by Gasteiger charge is 2.09. The summed E-state index contributed by atoms with van der Waals surface area (Å²) in [6, 6.07) is 5.03. The molecule has 0 bridgehead atoms. The minimum Gasteiger partial charge on any atom is -0.368 e. The van der Waals surface area contributed by atoms with Crippen molar-refractivity contribution < 1.29 is 9.59 Å². The van der Waals surface area contributed by atoms with E-state index in [1.165, 1.54) is 0 Å². The van der Waals surface area contributed by atoms with E-state index in [9.17, 15) is 9.59 Å². The zero-order valence-corrected chi connectivity index (χ0v) is 10.1. The number of primary amides is 1. The minimum atomic E-state index is -0.582. The molecule has 1 aromatic carbocycles. The third kappa shape index (κ3) is 3.56. The first kappa shape index (κ1) is 12.1. The van der Waals surface area contributed by atoms with E-state index in [1.54, 1.807) is 18.2 Å². The maximum atomic E-state index is 11.5. The van der Waals surface area contributed by atoms with Gasteiger partial charge in [0.15, 0.2) is 0 Å². The van der Waals surface area contributed by atoms with Crippen molar-refractivity contribution in [3.63, 3.8) is 0 Å². The van der Waals surface area contributed by atoms with Gasteiger partial charge in [-0.15, -0.1) is 12.6 Å². The van der Waals surface area contributed by atoms with Gasteiger partial charge in [-0.3, -0.25) is 9.59 Å². The van der Waals surface area contributed by atoms with Gasteiger partial charge in [0.05, 0.1) is 12.1 Å². The van der Waals surface area contributed by atoms with Gasteiger partial charge < -0.3 is 11.1 Å². The molecule has 6 heteroatoms. The highest BCUT2D eigenvalue weighted by atomic mass is 79.9. The first-order chi connectivity index (χ1) is 7.00. The molecule has 0 saturated carbocycles. The van der Waals surface area contributed by atoms with Gasteiger partial charge in [-0.1, -0.05) is 15.9 Å². The number of hydrogen-bond acceptors (Lipinski definition) is 3. The van der Waals surface area contributed by atoms with E-state index in [4.69, 9.17) is 5.73 Å². The minimum absolute atomic E-state index is 0.178. The molecule has 0 unspecified atom stereocenters. The highest BCUT2D eigenvalue weighted by Crippen LogP contribution is 2.19. The molecule has 1 rings (SSSR count). The maximum absolute atomic E-state index is 11.5. The van der Waals surface area contributed by atoms with E-state index >= 15 is 0 Å². The van der Waals surface area contributed by atoms with E-state index in [0.29, 0.717) is 10.5 Å². The summed E-state index contributed by atoms with van der Waals surface area (Å²) in [4.78, 5) is 22.5. The Bertz CT molecular complexity index is 409. The molecular weight excluding hydrogens is 280 g/mol. The predicted molar refractivity (Wildman–Crippen MR) is 62.9 cm³/mol. The number of amides is 2. The van der Waals surface area contributed by atoms with E-state index < -0.39 is 5.91 Å². The number of halogens is 1. The molecule has 0 spiro atoms. The molecular formula is C9H9BrN2O2S. The Kier molecular flexibility index (Phi) is 4.16. The summed E-state index contributed by atoms with van der Waals surface area (Å²) in [5.74, 6) is -0.951. The van der Waals surface area contributed by atoms with Crippen LogP contribution in [0.3, 0.4) is 0 Å². The second kappa shape index (κ2) is 5.18. The smallest absolute Gasteiger partial charge is 0.252 e. The van der Waals surface area contributed by atoms with Crippen LogP contribution in [0.1, 0.15) is 10.4 Å². The molecule has 15 heavy (non-hydrogen) atoms. The van der Waals surface area contributed by atoms with Crippen LogP contribution in [-0.4, -0.2) is 18.4 Å². The highest BCUT2D eigenvalue weighted by molar-refractivity contribution is 9.10. The van der Waals surface area contributed by atoms with Crippen molar-refractivity contribution in [1.82, 2.24) is 5.32 Å². The first-order valence-electron chi connectivity index (χ1n) is 4.05. The molecule has 0 atom stereocenters. The third-order valence-electron chi connectivity index (χ3n) is 1.63. The molecule has 2 amide bonds. The predicted octanol–water partition coefficient (Wildman–Crippen LogP) is 0.953. The largest absolute Gasteiger partial charge is 0.368 e. The van der Waals surface area contributed by atoms with Crippen molar-refractivity contribution in [2.45, 2.75) is 4.90 Å². The zero-order chi connectivity index (χ0) is 11.4. The van der Waals surface area contributed by atoms with E-state index in [0.717, 1.165) is 4.47 Å². The summed E-state index contributed by atoms with van der Waals surface area (Å²) in [7, 11) is 0. The van der Waals surface area contributed by atoms with Crippen LogP contribution in [0.2, 0.25) is 0 Å². The Morgan fingerprint density at radius 1 is 1.47 bits per heavy atom. The molecule has 0 saturated heterocycles. The van der Waals surface area contributed by atoms with E-state index in [2.05, 4.69) is 33.9 Å². The molecule has 0 heterocycles. The summed E-state index contributed by atoms with van der Waals surface area (Å²) in [6.07, 6.45) is 0. The van der Waals surface area contributed by atoms with Gasteiger partial charge in [0.2, 0.25) is 5.91 Å². The Hall–Kier alpha value is -1.01. The van der Waals surface area contributed by atoms with E-state index in [1.807, 2.05) is 0 Å². The quantitative estimate of drug-likeness (QED) is 0.725. The van der Waals surface area contributed by atoms with Crippen LogP contribution >= 0.6 is 28.6 Å². The van der Waals surface area contributed by atoms with E-state index in [-0.39, 0.29) is 12.5 Å². The van der Waals surface area contributed by atoms with Gasteiger partial charge in [-0.25, -0.2) is 0 Å². The number of nitrogens with two attached hydrogens (primary N) is 1. The topological polar surface area (TPSA) is 72.2 Å². The Labute approximate surface area is 101 Å². The summed E-state index contributed by atoms with van der Waals surface area (Å²) < 4.78 is 0.832. The van der Waals surface area contributed by atoms with Gasteiger partial charge in [0.1, 0.15) is 0 Å². The molecule has 0 aliphatic carbocycles. The van der Waals surface area contributed by atoms with Gasteiger partial charge in [-0.2, -0.15) is 0 Å². The number of thiol groups is 1. The van der Waals surface area contributed by atoms with Crippen LogP contribution in [0.15, 0.2) is 27.6 Å². The Morgan fingerprint density at radius 3 is 2.67 bits per heavy atom. The fourth-order valence-electron chi connectivity index (χ4n) is 0.959. The molecule has 0 fully saturated rings. The molecule has 0 aliphatic rings. The van der Waals surface area contributed by atoms with Crippen LogP contribution in [0, 0.1) is 0 Å². The average Bonchev–Trinajstić information content (AvgIpc) is 2.14. The lowest BCUT2D eigenvalue weighted by molar-refractivity contribution is -0.117. The van der Waals surface area contributed by atoms with Gasteiger partial charge in [0, 0.05) is 9.37 Å². The summed E-state index contributed by atoms with van der Waals surface area (Å²) in [5.41, 5.74) is 5.31. The molecule has 0 radical (unpaired) electrons. The summed E-state index contributed by atoms with van der Waals surface area (Å²) in [6.45, 7) is -0.178. The lowest BCUT2D eigenvalue weighted by Crippen LogP contribution is -2.33.